The molecule has 2 atom stereocenters. The largest absolute Gasteiger partial charge is 0.383 e. The first-order valence-electron chi connectivity index (χ1n) is 9.16. The minimum absolute atomic E-state index is 0.129. The molecule has 1 aromatic rings. The Morgan fingerprint density at radius 2 is 1.81 bits per heavy atom. The Morgan fingerprint density at radius 1 is 1.22 bits per heavy atom. The van der Waals surface area contributed by atoms with Gasteiger partial charge in [-0.2, -0.15) is 0 Å². The van der Waals surface area contributed by atoms with Gasteiger partial charge < -0.3 is 9.64 Å². The van der Waals surface area contributed by atoms with Crippen molar-refractivity contribution in [3.05, 3.63) is 29.3 Å². The molecule has 1 amide bonds. The second-order valence-corrected chi connectivity index (χ2v) is 9.53. The van der Waals surface area contributed by atoms with E-state index >= 15 is 0 Å². The van der Waals surface area contributed by atoms with Crippen molar-refractivity contribution in [1.29, 1.82) is 0 Å². The van der Waals surface area contributed by atoms with Gasteiger partial charge in [0, 0.05) is 58.5 Å². The van der Waals surface area contributed by atoms with E-state index in [1.165, 1.54) is 24.5 Å². The fraction of sp³-hybridized carbons (Fsp3) is 0.632. The monoisotopic (exact) mass is 397 g/mol. The van der Waals surface area contributed by atoms with E-state index in [1.807, 2.05) is 4.90 Å². The summed E-state index contributed by atoms with van der Waals surface area (Å²) in [5.74, 6) is -0.129. The SMILES string of the molecule is COCCN1C(C)CN(C(=O)c2ccc(C)c(S(=O)(=O)N(C)C)c2)CC1C. The van der Waals surface area contributed by atoms with Gasteiger partial charge in [0.05, 0.1) is 11.5 Å². The van der Waals surface area contributed by atoms with Crippen LogP contribution in [0.5, 0.6) is 0 Å². The zero-order chi connectivity index (χ0) is 20.4. The first kappa shape index (κ1) is 21.8. The molecule has 0 bridgehead atoms. The summed E-state index contributed by atoms with van der Waals surface area (Å²) < 4.78 is 31.4. The van der Waals surface area contributed by atoms with Crippen molar-refractivity contribution in [2.45, 2.75) is 37.8 Å². The normalized spacial score (nSPS) is 21.7. The van der Waals surface area contributed by atoms with Gasteiger partial charge in [-0.05, 0) is 38.5 Å². The van der Waals surface area contributed by atoms with Gasteiger partial charge in [0.25, 0.3) is 5.91 Å². The standard InChI is InChI=1S/C19H31N3O4S/c1-14-7-8-17(11-18(14)27(24,25)20(4)5)19(23)21-12-15(2)22(9-10-26-6)16(3)13-21/h7-8,11,15-16H,9-10,12-13H2,1-6H3. The smallest absolute Gasteiger partial charge is 0.254 e. The predicted molar refractivity (Wildman–Crippen MR) is 105 cm³/mol. The average molecular weight is 398 g/mol. The summed E-state index contributed by atoms with van der Waals surface area (Å²) in [6, 6.07) is 5.33. The molecule has 1 aliphatic rings. The van der Waals surface area contributed by atoms with Gasteiger partial charge in [0.2, 0.25) is 10.0 Å². The van der Waals surface area contributed by atoms with Crippen LogP contribution in [0.3, 0.4) is 0 Å². The average Bonchev–Trinajstić information content (AvgIpc) is 2.60. The van der Waals surface area contributed by atoms with E-state index in [1.54, 1.807) is 26.2 Å². The molecular formula is C19H31N3O4S. The summed E-state index contributed by atoms with van der Waals surface area (Å²) in [6.45, 7) is 8.64. The molecule has 0 aliphatic carbocycles. The lowest BCUT2D eigenvalue weighted by Gasteiger charge is -2.44. The van der Waals surface area contributed by atoms with Crippen LogP contribution in [0.4, 0.5) is 0 Å². The van der Waals surface area contributed by atoms with Crippen molar-refractivity contribution >= 4 is 15.9 Å². The minimum Gasteiger partial charge on any atom is -0.383 e. The molecule has 1 aliphatic heterocycles. The van der Waals surface area contributed by atoms with Crippen LogP contribution >= 0.6 is 0 Å². The summed E-state index contributed by atoms with van der Waals surface area (Å²) in [5, 5.41) is 0. The molecule has 1 fully saturated rings. The highest BCUT2D eigenvalue weighted by Crippen LogP contribution is 2.23. The maximum atomic E-state index is 13.0. The van der Waals surface area contributed by atoms with Crippen molar-refractivity contribution < 1.29 is 17.9 Å². The number of hydrogen-bond donors (Lipinski definition) is 0. The molecule has 0 spiro atoms. The van der Waals surface area contributed by atoms with Crippen molar-refractivity contribution in [3.8, 4) is 0 Å². The van der Waals surface area contributed by atoms with E-state index in [2.05, 4.69) is 18.7 Å². The van der Waals surface area contributed by atoms with Crippen LogP contribution < -0.4 is 0 Å². The molecule has 1 aromatic carbocycles. The lowest BCUT2D eigenvalue weighted by Crippen LogP contribution is -2.58. The molecule has 0 aromatic heterocycles. The van der Waals surface area contributed by atoms with Crippen molar-refractivity contribution in [1.82, 2.24) is 14.1 Å². The number of ether oxygens (including phenoxy) is 1. The molecule has 2 unspecified atom stereocenters. The third-order valence-corrected chi connectivity index (χ3v) is 7.09. The molecule has 27 heavy (non-hydrogen) atoms. The van der Waals surface area contributed by atoms with Crippen LogP contribution in [-0.2, 0) is 14.8 Å². The van der Waals surface area contributed by atoms with Gasteiger partial charge in [-0.3, -0.25) is 9.69 Å². The van der Waals surface area contributed by atoms with Crippen LogP contribution in [-0.4, -0.2) is 88.0 Å². The number of sulfonamides is 1. The van der Waals surface area contributed by atoms with Gasteiger partial charge in [0.15, 0.2) is 0 Å². The maximum absolute atomic E-state index is 13.0. The van der Waals surface area contributed by atoms with E-state index < -0.39 is 10.0 Å². The Balaban J connectivity index is 2.24. The number of carbonyl (C=O) groups excluding carboxylic acids is 1. The highest BCUT2D eigenvalue weighted by atomic mass is 32.2. The topological polar surface area (TPSA) is 70.2 Å². The first-order valence-corrected chi connectivity index (χ1v) is 10.6. The van der Waals surface area contributed by atoms with Gasteiger partial charge in [-0.1, -0.05) is 6.07 Å². The first-order chi connectivity index (χ1) is 12.6. The Bertz CT molecular complexity index is 767. The Kier molecular flexibility index (Phi) is 7.02. The number of piperazine rings is 1. The van der Waals surface area contributed by atoms with E-state index in [0.717, 1.165) is 6.54 Å². The zero-order valence-corrected chi connectivity index (χ0v) is 17.9. The van der Waals surface area contributed by atoms with Crippen LogP contribution in [0.2, 0.25) is 0 Å². The van der Waals surface area contributed by atoms with Crippen molar-refractivity contribution in [2.24, 2.45) is 0 Å². The molecule has 0 radical (unpaired) electrons. The van der Waals surface area contributed by atoms with Crippen LogP contribution in [0.1, 0.15) is 29.8 Å². The Hall–Kier alpha value is -1.48. The molecule has 152 valence electrons. The lowest BCUT2D eigenvalue weighted by atomic mass is 10.1. The molecule has 8 heteroatoms. The summed E-state index contributed by atoms with van der Waals surface area (Å²) in [7, 11) is 1.08. The molecule has 1 heterocycles. The lowest BCUT2D eigenvalue weighted by molar-refractivity contribution is 0.0193. The summed E-state index contributed by atoms with van der Waals surface area (Å²) >= 11 is 0. The third-order valence-electron chi connectivity index (χ3n) is 5.14. The second kappa shape index (κ2) is 8.68. The third kappa shape index (κ3) is 4.68. The minimum atomic E-state index is -3.59. The van der Waals surface area contributed by atoms with Crippen LogP contribution in [0.25, 0.3) is 0 Å². The number of methoxy groups -OCH3 is 1. The molecule has 7 nitrogen and oxygen atoms in total. The van der Waals surface area contributed by atoms with E-state index in [0.29, 0.717) is 30.8 Å². The summed E-state index contributed by atoms with van der Waals surface area (Å²) in [6.07, 6.45) is 0. The molecule has 0 N–H and O–H groups in total. The number of rotatable bonds is 6. The zero-order valence-electron chi connectivity index (χ0n) is 17.1. The predicted octanol–water partition coefficient (Wildman–Crippen LogP) is 1.43. The molecule has 2 rings (SSSR count). The highest BCUT2D eigenvalue weighted by molar-refractivity contribution is 7.89. The number of aryl methyl sites for hydroxylation is 1. The highest BCUT2D eigenvalue weighted by Gasteiger charge is 2.32. The summed E-state index contributed by atoms with van der Waals surface area (Å²) in [4.78, 5) is 17.4. The van der Waals surface area contributed by atoms with Gasteiger partial charge in [0.1, 0.15) is 0 Å². The van der Waals surface area contributed by atoms with E-state index in [4.69, 9.17) is 4.74 Å². The Labute approximate surface area is 162 Å². The number of hydrogen-bond acceptors (Lipinski definition) is 5. The van der Waals surface area contributed by atoms with Crippen LogP contribution in [0, 0.1) is 6.92 Å². The quantitative estimate of drug-likeness (QED) is 0.726. The second-order valence-electron chi connectivity index (χ2n) is 7.41. The molecular weight excluding hydrogens is 366 g/mol. The molecule has 1 saturated heterocycles. The van der Waals surface area contributed by atoms with Crippen molar-refractivity contribution in [3.63, 3.8) is 0 Å². The van der Waals surface area contributed by atoms with E-state index in [-0.39, 0.29) is 22.9 Å². The summed E-state index contributed by atoms with van der Waals surface area (Å²) in [5.41, 5.74) is 1.04. The maximum Gasteiger partial charge on any atom is 0.254 e. The van der Waals surface area contributed by atoms with Gasteiger partial charge in [-0.25, -0.2) is 12.7 Å². The Morgan fingerprint density at radius 3 is 2.33 bits per heavy atom. The number of amides is 1. The number of carbonyl (C=O) groups is 1. The van der Waals surface area contributed by atoms with Crippen molar-refractivity contribution in [2.75, 3.05) is 47.4 Å². The van der Waals surface area contributed by atoms with Gasteiger partial charge >= 0.3 is 0 Å². The van der Waals surface area contributed by atoms with Gasteiger partial charge in [-0.15, -0.1) is 0 Å². The fourth-order valence-corrected chi connectivity index (χ4v) is 4.69. The number of benzene rings is 1. The van der Waals surface area contributed by atoms with E-state index in [9.17, 15) is 13.2 Å². The molecule has 0 saturated carbocycles. The van der Waals surface area contributed by atoms with Crippen LogP contribution in [0.15, 0.2) is 23.1 Å². The number of nitrogens with zero attached hydrogens (tertiary/aromatic N) is 3. The fourth-order valence-electron chi connectivity index (χ4n) is 3.55.